The van der Waals surface area contributed by atoms with Crippen LogP contribution in [0.2, 0.25) is 5.02 Å². The van der Waals surface area contributed by atoms with Crippen molar-refractivity contribution in [1.82, 2.24) is 4.98 Å². The Kier molecular flexibility index (Phi) is 4.18. The van der Waals surface area contributed by atoms with Gasteiger partial charge < -0.3 is 5.32 Å². The quantitative estimate of drug-likeness (QED) is 0.720. The van der Waals surface area contributed by atoms with Crippen molar-refractivity contribution in [3.8, 4) is 0 Å². The highest BCUT2D eigenvalue weighted by Gasteiger charge is 2.15. The molecule has 1 heterocycles. The maximum Gasteiger partial charge on any atom is 0.183 e. The summed E-state index contributed by atoms with van der Waals surface area (Å²) in [5.41, 5.74) is 2.01. The van der Waals surface area contributed by atoms with E-state index in [0.29, 0.717) is 5.02 Å². The van der Waals surface area contributed by atoms with Gasteiger partial charge in [-0.25, -0.2) is 9.37 Å². The molecule has 106 valence electrons. The number of anilines is 1. The normalized spacial score (nSPS) is 12.1. The molecule has 0 aliphatic carbocycles. The largest absolute Gasteiger partial charge is 0.351 e. The van der Waals surface area contributed by atoms with Crippen LogP contribution in [0.4, 0.5) is 9.52 Å². The molecular weight excluding hydrogens is 307 g/mol. The van der Waals surface area contributed by atoms with Crippen LogP contribution in [0.3, 0.4) is 0 Å². The summed E-state index contributed by atoms with van der Waals surface area (Å²) in [6.45, 7) is 0. The minimum absolute atomic E-state index is 0.103. The summed E-state index contributed by atoms with van der Waals surface area (Å²) >= 11 is 7.47. The Morgan fingerprint density at radius 1 is 1.00 bits per heavy atom. The molecule has 2 aromatic carbocycles. The molecular formula is C16H12ClFN2S. The summed E-state index contributed by atoms with van der Waals surface area (Å²) < 4.78 is 13.1. The highest BCUT2D eigenvalue weighted by atomic mass is 35.5. The van der Waals surface area contributed by atoms with Gasteiger partial charge in [0.2, 0.25) is 0 Å². The van der Waals surface area contributed by atoms with Gasteiger partial charge >= 0.3 is 0 Å². The Morgan fingerprint density at radius 2 is 1.62 bits per heavy atom. The zero-order valence-corrected chi connectivity index (χ0v) is 12.5. The van der Waals surface area contributed by atoms with Crippen molar-refractivity contribution in [3.05, 3.63) is 82.1 Å². The second-order valence-electron chi connectivity index (χ2n) is 4.52. The predicted molar refractivity (Wildman–Crippen MR) is 85.4 cm³/mol. The van der Waals surface area contributed by atoms with E-state index in [1.165, 1.54) is 23.5 Å². The van der Waals surface area contributed by atoms with Crippen LogP contribution in [0.15, 0.2) is 60.1 Å². The predicted octanol–water partition coefficient (Wildman–Crippen LogP) is 5.14. The van der Waals surface area contributed by atoms with Crippen molar-refractivity contribution in [1.29, 1.82) is 0 Å². The topological polar surface area (TPSA) is 24.9 Å². The van der Waals surface area contributed by atoms with E-state index in [1.807, 2.05) is 29.6 Å². The van der Waals surface area contributed by atoms with Gasteiger partial charge in [-0.15, -0.1) is 11.3 Å². The third kappa shape index (κ3) is 3.40. The zero-order chi connectivity index (χ0) is 14.7. The molecule has 0 bridgehead atoms. The molecule has 21 heavy (non-hydrogen) atoms. The minimum Gasteiger partial charge on any atom is -0.351 e. The van der Waals surface area contributed by atoms with E-state index in [1.54, 1.807) is 18.3 Å². The van der Waals surface area contributed by atoms with Gasteiger partial charge in [0.1, 0.15) is 5.82 Å². The first kappa shape index (κ1) is 14.0. The van der Waals surface area contributed by atoms with Gasteiger partial charge in [0, 0.05) is 16.6 Å². The fourth-order valence-corrected chi connectivity index (χ4v) is 2.77. The van der Waals surface area contributed by atoms with E-state index in [-0.39, 0.29) is 11.9 Å². The van der Waals surface area contributed by atoms with Crippen molar-refractivity contribution >= 4 is 28.1 Å². The molecule has 3 aromatic rings. The fraction of sp³-hybridized carbons (Fsp3) is 0.0625. The van der Waals surface area contributed by atoms with Crippen LogP contribution in [0.5, 0.6) is 0 Å². The van der Waals surface area contributed by atoms with Gasteiger partial charge in [0.15, 0.2) is 5.13 Å². The Labute approximate surface area is 131 Å². The van der Waals surface area contributed by atoms with E-state index in [0.717, 1.165) is 16.3 Å². The second-order valence-corrected chi connectivity index (χ2v) is 5.85. The number of nitrogens with zero attached hydrogens (tertiary/aromatic N) is 1. The molecule has 0 amide bonds. The van der Waals surface area contributed by atoms with E-state index in [4.69, 9.17) is 11.6 Å². The van der Waals surface area contributed by atoms with Crippen molar-refractivity contribution in [3.63, 3.8) is 0 Å². The van der Waals surface area contributed by atoms with E-state index < -0.39 is 0 Å². The average Bonchev–Trinajstić information content (AvgIpc) is 3.00. The molecule has 1 N–H and O–H groups in total. The smallest absolute Gasteiger partial charge is 0.183 e. The van der Waals surface area contributed by atoms with Crippen molar-refractivity contribution in [2.75, 3.05) is 5.32 Å². The van der Waals surface area contributed by atoms with Crippen LogP contribution < -0.4 is 5.32 Å². The summed E-state index contributed by atoms with van der Waals surface area (Å²) in [7, 11) is 0. The van der Waals surface area contributed by atoms with Gasteiger partial charge in [-0.3, -0.25) is 0 Å². The Morgan fingerprint density at radius 3 is 2.19 bits per heavy atom. The van der Waals surface area contributed by atoms with E-state index >= 15 is 0 Å². The molecule has 1 atom stereocenters. The lowest BCUT2D eigenvalue weighted by Crippen LogP contribution is -2.12. The van der Waals surface area contributed by atoms with Crippen LogP contribution in [-0.4, -0.2) is 4.98 Å². The zero-order valence-electron chi connectivity index (χ0n) is 11.0. The highest BCUT2D eigenvalue weighted by Crippen LogP contribution is 2.28. The molecule has 0 aliphatic rings. The summed E-state index contributed by atoms with van der Waals surface area (Å²) in [5, 5.41) is 6.79. The van der Waals surface area contributed by atoms with Crippen LogP contribution in [0.1, 0.15) is 17.2 Å². The summed E-state index contributed by atoms with van der Waals surface area (Å²) in [5.74, 6) is -0.247. The molecule has 0 aliphatic heterocycles. The van der Waals surface area contributed by atoms with Crippen LogP contribution in [0, 0.1) is 5.82 Å². The minimum atomic E-state index is -0.247. The highest BCUT2D eigenvalue weighted by molar-refractivity contribution is 7.13. The average molecular weight is 319 g/mol. The van der Waals surface area contributed by atoms with Crippen LogP contribution in [-0.2, 0) is 0 Å². The molecule has 5 heteroatoms. The lowest BCUT2D eigenvalue weighted by Gasteiger charge is -2.19. The first-order valence-electron chi connectivity index (χ1n) is 6.39. The maximum absolute atomic E-state index is 13.1. The first-order chi connectivity index (χ1) is 10.2. The molecule has 0 fully saturated rings. The van der Waals surface area contributed by atoms with Crippen molar-refractivity contribution in [2.45, 2.75) is 6.04 Å². The molecule has 3 rings (SSSR count). The van der Waals surface area contributed by atoms with E-state index in [2.05, 4.69) is 10.3 Å². The molecule has 1 aromatic heterocycles. The Bertz CT molecular complexity index is 651. The van der Waals surface area contributed by atoms with Crippen LogP contribution in [0.25, 0.3) is 0 Å². The number of hydrogen-bond acceptors (Lipinski definition) is 3. The number of hydrogen-bond donors (Lipinski definition) is 1. The van der Waals surface area contributed by atoms with Crippen molar-refractivity contribution in [2.24, 2.45) is 0 Å². The van der Waals surface area contributed by atoms with Gasteiger partial charge in [0.25, 0.3) is 0 Å². The SMILES string of the molecule is Fc1ccc(C(Nc2nccs2)c2ccc(Cl)cc2)cc1. The van der Waals surface area contributed by atoms with Crippen LogP contribution >= 0.6 is 22.9 Å². The molecule has 0 saturated carbocycles. The molecule has 0 spiro atoms. The van der Waals surface area contributed by atoms with Gasteiger partial charge in [-0.2, -0.15) is 0 Å². The van der Waals surface area contributed by atoms with Gasteiger partial charge in [0.05, 0.1) is 6.04 Å². The first-order valence-corrected chi connectivity index (χ1v) is 7.65. The fourth-order valence-electron chi connectivity index (χ4n) is 2.09. The standard InChI is InChI=1S/C16H12ClFN2S/c17-13-5-1-11(2-6-13)15(20-16-19-9-10-21-16)12-3-7-14(18)8-4-12/h1-10,15H,(H,19,20). The number of nitrogens with one attached hydrogen (secondary N) is 1. The summed E-state index contributed by atoms with van der Waals surface area (Å²) in [6, 6.07) is 14.0. The summed E-state index contributed by atoms with van der Waals surface area (Å²) in [4.78, 5) is 4.25. The molecule has 0 radical (unpaired) electrons. The lowest BCUT2D eigenvalue weighted by atomic mass is 9.99. The second kappa shape index (κ2) is 6.24. The number of aromatic nitrogens is 1. The molecule has 1 unspecified atom stereocenters. The molecule has 2 nitrogen and oxygen atoms in total. The molecule has 0 saturated heterocycles. The van der Waals surface area contributed by atoms with E-state index in [9.17, 15) is 4.39 Å². The Hall–Kier alpha value is -1.91. The number of halogens is 2. The third-order valence-electron chi connectivity index (χ3n) is 3.11. The maximum atomic E-state index is 13.1. The monoisotopic (exact) mass is 318 g/mol. The Balaban J connectivity index is 1.97. The number of rotatable bonds is 4. The van der Waals surface area contributed by atoms with Gasteiger partial charge in [-0.1, -0.05) is 35.9 Å². The third-order valence-corrected chi connectivity index (χ3v) is 4.06. The van der Waals surface area contributed by atoms with Crippen molar-refractivity contribution < 1.29 is 4.39 Å². The van der Waals surface area contributed by atoms with Gasteiger partial charge in [-0.05, 0) is 35.4 Å². The number of thiazole rings is 1. The number of benzene rings is 2. The summed E-state index contributed by atoms with van der Waals surface area (Å²) in [6.07, 6.45) is 1.75. The lowest BCUT2D eigenvalue weighted by molar-refractivity contribution is 0.626.